The molecule has 4 heterocycles. The quantitative estimate of drug-likeness (QED) is 0.569. The third kappa shape index (κ3) is 2.23. The summed E-state index contributed by atoms with van der Waals surface area (Å²) in [6.45, 7) is 1.87. The van der Waals surface area contributed by atoms with Gasteiger partial charge in [-0.05, 0) is 18.2 Å². The fraction of sp³-hybridized carbons (Fsp3) is 0.0588. The van der Waals surface area contributed by atoms with Gasteiger partial charge < -0.3 is 10.2 Å². The van der Waals surface area contributed by atoms with Crippen molar-refractivity contribution in [2.75, 3.05) is 5.73 Å². The molecular weight excluding hydrogens is 306 g/mol. The minimum atomic E-state index is -0.184. The van der Waals surface area contributed by atoms with Gasteiger partial charge in [0, 0.05) is 25.3 Å². The summed E-state index contributed by atoms with van der Waals surface area (Å²) in [5, 5.41) is 4.35. The van der Waals surface area contributed by atoms with Crippen molar-refractivity contribution in [2.24, 2.45) is 0 Å². The van der Waals surface area contributed by atoms with Crippen molar-refractivity contribution in [1.82, 2.24) is 14.6 Å². The third-order valence-corrected chi connectivity index (χ3v) is 3.73. The van der Waals surface area contributed by atoms with Crippen molar-refractivity contribution in [3.8, 4) is 11.6 Å². The van der Waals surface area contributed by atoms with Crippen molar-refractivity contribution in [2.45, 2.75) is 6.92 Å². The van der Waals surface area contributed by atoms with Crippen molar-refractivity contribution < 1.29 is 13.8 Å². The largest absolute Gasteiger partial charge is 0.461 e. The van der Waals surface area contributed by atoms with E-state index in [9.17, 15) is 4.79 Å². The van der Waals surface area contributed by atoms with E-state index in [0.717, 1.165) is 5.69 Å². The van der Waals surface area contributed by atoms with Crippen LogP contribution >= 0.6 is 0 Å². The highest BCUT2D eigenvalue weighted by atomic mass is 16.3. The van der Waals surface area contributed by atoms with Gasteiger partial charge >= 0.3 is 5.91 Å². The van der Waals surface area contributed by atoms with Gasteiger partial charge in [0.2, 0.25) is 5.82 Å². The molecule has 0 bridgehead atoms. The van der Waals surface area contributed by atoms with E-state index in [-0.39, 0.29) is 5.91 Å². The van der Waals surface area contributed by atoms with E-state index in [1.54, 1.807) is 47.5 Å². The van der Waals surface area contributed by atoms with E-state index in [4.69, 9.17) is 10.2 Å². The lowest BCUT2D eigenvalue weighted by atomic mass is 10.2. The van der Waals surface area contributed by atoms with Crippen LogP contribution in [0.3, 0.4) is 0 Å². The zero-order valence-corrected chi connectivity index (χ0v) is 12.9. The van der Waals surface area contributed by atoms with Gasteiger partial charge in [0.1, 0.15) is 5.56 Å². The zero-order valence-electron chi connectivity index (χ0n) is 12.9. The summed E-state index contributed by atoms with van der Waals surface area (Å²) < 4.78 is 8.36. The number of pyridine rings is 2. The molecule has 0 aliphatic heterocycles. The van der Waals surface area contributed by atoms with Gasteiger partial charge in [-0.25, -0.2) is 14.3 Å². The standard InChI is InChI=1S/C17H14N5O2/c1-11-5-2-3-7-21(11)17(23)12-9-13(18)16-19-15(20-22(16)10-12)14-6-4-8-24-14/h2-10H,18H2,1H3/q+1. The first-order valence-electron chi connectivity index (χ1n) is 7.35. The molecule has 0 aliphatic rings. The number of fused-ring (bicyclic) bond motifs is 1. The van der Waals surface area contributed by atoms with Crippen LogP contribution in [0.1, 0.15) is 16.1 Å². The highest BCUT2D eigenvalue weighted by Crippen LogP contribution is 2.20. The molecule has 7 heteroatoms. The van der Waals surface area contributed by atoms with Crippen molar-refractivity contribution in [1.29, 1.82) is 0 Å². The number of aromatic nitrogens is 4. The molecule has 0 atom stereocenters. The smallest absolute Gasteiger partial charge is 0.426 e. The first-order valence-corrected chi connectivity index (χ1v) is 7.35. The molecular formula is C17H14N5O2+. The molecule has 4 aromatic heterocycles. The van der Waals surface area contributed by atoms with Crippen LogP contribution in [0, 0.1) is 6.92 Å². The first-order chi connectivity index (χ1) is 11.6. The summed E-state index contributed by atoms with van der Waals surface area (Å²) in [6, 6.07) is 10.7. The molecule has 0 aliphatic carbocycles. The summed E-state index contributed by atoms with van der Waals surface area (Å²) in [7, 11) is 0. The van der Waals surface area contributed by atoms with E-state index in [1.807, 2.05) is 19.1 Å². The molecule has 4 aromatic rings. The van der Waals surface area contributed by atoms with Crippen LogP contribution in [-0.4, -0.2) is 20.5 Å². The van der Waals surface area contributed by atoms with Gasteiger partial charge in [-0.2, -0.15) is 0 Å². The lowest BCUT2D eigenvalue weighted by Gasteiger charge is -2.01. The number of nitrogens with two attached hydrogens (primary N) is 1. The van der Waals surface area contributed by atoms with E-state index in [2.05, 4.69) is 10.1 Å². The number of hydrogen-bond acceptors (Lipinski definition) is 5. The number of hydrogen-bond donors (Lipinski definition) is 1. The Hall–Kier alpha value is -3.48. The van der Waals surface area contributed by atoms with Crippen molar-refractivity contribution in [3.05, 3.63) is 66.3 Å². The van der Waals surface area contributed by atoms with Crippen LogP contribution < -0.4 is 10.3 Å². The summed E-state index contributed by atoms with van der Waals surface area (Å²) in [6.07, 6.45) is 4.88. The molecule has 0 amide bonds. The molecule has 2 N–H and O–H groups in total. The fourth-order valence-electron chi connectivity index (χ4n) is 2.53. The number of anilines is 1. The number of furan rings is 1. The van der Waals surface area contributed by atoms with Crippen LogP contribution in [-0.2, 0) is 0 Å². The number of rotatable bonds is 2. The van der Waals surface area contributed by atoms with Crippen LogP contribution in [0.15, 0.2) is 59.5 Å². The van der Waals surface area contributed by atoms with Crippen molar-refractivity contribution in [3.63, 3.8) is 0 Å². The first kappa shape index (κ1) is 14.1. The van der Waals surface area contributed by atoms with Crippen LogP contribution in [0.5, 0.6) is 0 Å². The number of nitrogens with zero attached hydrogens (tertiary/aromatic N) is 4. The maximum Gasteiger partial charge on any atom is 0.426 e. The van der Waals surface area contributed by atoms with E-state index in [1.165, 1.54) is 4.52 Å². The topological polar surface area (TPSA) is 90.3 Å². The molecule has 0 spiro atoms. The third-order valence-electron chi connectivity index (χ3n) is 3.73. The van der Waals surface area contributed by atoms with Gasteiger partial charge in [0.15, 0.2) is 23.3 Å². The Morgan fingerprint density at radius 3 is 2.92 bits per heavy atom. The zero-order chi connectivity index (χ0) is 16.7. The molecule has 0 unspecified atom stereocenters. The summed E-state index contributed by atoms with van der Waals surface area (Å²) in [5.74, 6) is 0.774. The Morgan fingerprint density at radius 1 is 1.29 bits per heavy atom. The minimum absolute atomic E-state index is 0.184. The predicted molar refractivity (Wildman–Crippen MR) is 86.2 cm³/mol. The molecule has 0 saturated heterocycles. The van der Waals surface area contributed by atoms with Gasteiger partial charge in [0.25, 0.3) is 0 Å². The SMILES string of the molecule is Cc1cccc[n+]1C(=O)c1cc(N)c2nc(-c3ccco3)nn2c1. The average molecular weight is 320 g/mol. The Balaban J connectivity index is 1.83. The number of carbonyl (C=O) groups is 1. The molecule has 118 valence electrons. The molecule has 24 heavy (non-hydrogen) atoms. The fourth-order valence-corrected chi connectivity index (χ4v) is 2.53. The summed E-state index contributed by atoms with van der Waals surface area (Å²) in [5.41, 5.74) is 8.17. The van der Waals surface area contributed by atoms with Gasteiger partial charge in [-0.1, -0.05) is 6.07 Å². The summed E-state index contributed by atoms with van der Waals surface area (Å²) in [4.78, 5) is 17.1. The molecule has 0 radical (unpaired) electrons. The van der Waals surface area contributed by atoms with E-state index >= 15 is 0 Å². The van der Waals surface area contributed by atoms with Crippen LogP contribution in [0.2, 0.25) is 0 Å². The van der Waals surface area contributed by atoms with Gasteiger partial charge in [-0.15, -0.1) is 9.67 Å². The van der Waals surface area contributed by atoms with E-state index in [0.29, 0.717) is 28.5 Å². The lowest BCUT2D eigenvalue weighted by molar-refractivity contribution is -0.577. The number of nitrogen functional groups attached to an aromatic ring is 1. The second kappa shape index (κ2) is 5.31. The Morgan fingerprint density at radius 2 is 2.17 bits per heavy atom. The normalized spacial score (nSPS) is 11.0. The maximum absolute atomic E-state index is 12.7. The molecule has 0 saturated carbocycles. The minimum Gasteiger partial charge on any atom is -0.461 e. The highest BCUT2D eigenvalue weighted by molar-refractivity contribution is 5.89. The monoisotopic (exact) mass is 320 g/mol. The Kier molecular flexibility index (Phi) is 3.13. The Labute approximate surface area is 137 Å². The second-order valence-electron chi connectivity index (χ2n) is 5.38. The van der Waals surface area contributed by atoms with Crippen molar-refractivity contribution >= 4 is 17.2 Å². The lowest BCUT2D eigenvalue weighted by Crippen LogP contribution is -2.45. The molecule has 0 fully saturated rings. The van der Waals surface area contributed by atoms with Gasteiger partial charge in [0.05, 0.1) is 12.0 Å². The molecule has 0 aromatic carbocycles. The number of aryl methyl sites for hydroxylation is 1. The summed E-state index contributed by atoms with van der Waals surface area (Å²) >= 11 is 0. The average Bonchev–Trinajstić information content (AvgIpc) is 3.23. The maximum atomic E-state index is 12.7. The molecule has 4 rings (SSSR count). The number of carbonyl (C=O) groups excluding carboxylic acids is 1. The molecule has 7 nitrogen and oxygen atoms in total. The van der Waals surface area contributed by atoms with Crippen LogP contribution in [0.4, 0.5) is 5.69 Å². The predicted octanol–water partition coefficient (Wildman–Crippen LogP) is 1.86. The van der Waals surface area contributed by atoms with Crippen LogP contribution in [0.25, 0.3) is 17.2 Å². The Bertz CT molecular complexity index is 1050. The van der Waals surface area contributed by atoms with E-state index < -0.39 is 0 Å². The van der Waals surface area contributed by atoms with Gasteiger partial charge in [-0.3, -0.25) is 0 Å². The highest BCUT2D eigenvalue weighted by Gasteiger charge is 2.22. The second-order valence-corrected chi connectivity index (χ2v) is 5.38.